The second kappa shape index (κ2) is 9.08. The fraction of sp³-hybridized carbons (Fsp3) is 0.417. The smallest absolute Gasteiger partial charge is 0.266 e. The summed E-state index contributed by atoms with van der Waals surface area (Å²) >= 11 is 0. The van der Waals surface area contributed by atoms with Crippen molar-refractivity contribution in [3.05, 3.63) is 64.3 Å². The van der Waals surface area contributed by atoms with Gasteiger partial charge < -0.3 is 15.5 Å². The lowest BCUT2D eigenvalue weighted by Crippen LogP contribution is -2.48. The molecule has 154 valence electrons. The van der Waals surface area contributed by atoms with Crippen LogP contribution in [0.4, 0.5) is 0 Å². The minimum absolute atomic E-state index is 0.0140. The molecule has 0 bridgehead atoms. The Morgan fingerprint density at radius 2 is 2.10 bits per heavy atom. The van der Waals surface area contributed by atoms with Crippen LogP contribution in [-0.2, 0) is 11.2 Å². The van der Waals surface area contributed by atoms with Crippen LogP contribution in [0.3, 0.4) is 0 Å². The highest BCUT2D eigenvalue weighted by Crippen LogP contribution is 2.32. The van der Waals surface area contributed by atoms with E-state index in [4.69, 9.17) is 6.57 Å². The van der Waals surface area contributed by atoms with Gasteiger partial charge in [0.05, 0.1) is 0 Å². The normalized spacial score (nSPS) is 20.9. The molecular formula is C24H27N5O. The van der Waals surface area contributed by atoms with E-state index >= 15 is 0 Å². The Morgan fingerprint density at radius 1 is 1.27 bits per heavy atom. The second-order valence-electron chi connectivity index (χ2n) is 7.96. The highest BCUT2D eigenvalue weighted by molar-refractivity contribution is 6.41. The summed E-state index contributed by atoms with van der Waals surface area (Å²) in [6, 6.07) is 6.54. The number of carbonyl (C=O) groups excluding carboxylic acids is 1. The highest BCUT2D eigenvalue weighted by Gasteiger charge is 2.24. The summed E-state index contributed by atoms with van der Waals surface area (Å²) in [7, 11) is 1.78. The number of hydrogen-bond acceptors (Lipinski definition) is 3. The van der Waals surface area contributed by atoms with Crippen molar-refractivity contribution in [3.8, 4) is 0 Å². The number of ketones is 1. The molecule has 1 aromatic carbocycles. The van der Waals surface area contributed by atoms with Crippen molar-refractivity contribution in [2.24, 2.45) is 9.98 Å². The SMILES string of the molecule is [C-]#[N+]C1=CCC(C(=O)Cc2ccc(C3CNC(=NC)NC3)cc2C2=CCCCC2)=N1. The quantitative estimate of drug-likeness (QED) is 0.741. The molecule has 2 N–H and O–H groups in total. The lowest BCUT2D eigenvalue weighted by atomic mass is 9.85. The van der Waals surface area contributed by atoms with E-state index in [1.807, 2.05) is 0 Å². The largest absolute Gasteiger partial charge is 0.361 e. The maximum Gasteiger partial charge on any atom is 0.266 e. The molecule has 0 unspecified atom stereocenters. The maximum atomic E-state index is 12.8. The Hall–Kier alpha value is -3.20. The predicted octanol–water partition coefficient (Wildman–Crippen LogP) is 3.62. The first kappa shape index (κ1) is 20.1. The van der Waals surface area contributed by atoms with Gasteiger partial charge in [-0.15, -0.1) is 4.99 Å². The van der Waals surface area contributed by atoms with Crippen LogP contribution in [-0.4, -0.2) is 37.6 Å². The molecule has 2 heterocycles. The standard InChI is InChI=1S/C24H27N5O/c1-25-23-11-10-21(29-23)22(30)13-18-9-8-17(19-14-27-24(26-2)28-15-19)12-20(18)16-6-4-3-5-7-16/h6,8-9,11-12,19H,3-5,7,10,13-15H2,2H3,(H2,26,27,28). The van der Waals surface area contributed by atoms with Gasteiger partial charge in [0.2, 0.25) is 5.78 Å². The summed E-state index contributed by atoms with van der Waals surface area (Å²) in [5.74, 6) is 1.54. The van der Waals surface area contributed by atoms with E-state index in [1.54, 1.807) is 13.1 Å². The number of rotatable bonds is 5. The fourth-order valence-corrected chi connectivity index (χ4v) is 4.29. The second-order valence-corrected chi connectivity index (χ2v) is 7.96. The fourth-order valence-electron chi connectivity index (χ4n) is 4.29. The van der Waals surface area contributed by atoms with Crippen LogP contribution in [0.15, 0.2) is 46.2 Å². The molecular weight excluding hydrogens is 374 g/mol. The topological polar surface area (TPSA) is 70.2 Å². The van der Waals surface area contributed by atoms with Crippen LogP contribution < -0.4 is 10.6 Å². The third-order valence-corrected chi connectivity index (χ3v) is 6.01. The number of aliphatic imine (C=N–C) groups is 2. The van der Waals surface area contributed by atoms with E-state index in [0.29, 0.717) is 30.3 Å². The minimum Gasteiger partial charge on any atom is -0.361 e. The van der Waals surface area contributed by atoms with Crippen LogP contribution in [0, 0.1) is 6.57 Å². The Morgan fingerprint density at radius 3 is 2.77 bits per heavy atom. The predicted molar refractivity (Wildman–Crippen MR) is 120 cm³/mol. The monoisotopic (exact) mass is 401 g/mol. The van der Waals surface area contributed by atoms with Crippen LogP contribution in [0.25, 0.3) is 10.4 Å². The molecule has 30 heavy (non-hydrogen) atoms. The molecule has 6 nitrogen and oxygen atoms in total. The summed E-state index contributed by atoms with van der Waals surface area (Å²) in [4.78, 5) is 24.5. The number of guanidine groups is 1. The summed E-state index contributed by atoms with van der Waals surface area (Å²) in [5.41, 5.74) is 5.39. The average Bonchev–Trinajstić information content (AvgIpc) is 3.30. The average molecular weight is 402 g/mol. The highest BCUT2D eigenvalue weighted by atomic mass is 16.1. The van der Waals surface area contributed by atoms with E-state index < -0.39 is 0 Å². The number of benzene rings is 1. The summed E-state index contributed by atoms with van der Waals surface area (Å²) in [5, 5.41) is 6.67. The van der Waals surface area contributed by atoms with Crippen LogP contribution in [0.1, 0.15) is 54.7 Å². The number of Topliss-reactive ketones (excluding diaryl/α,β-unsaturated/α-hetero) is 1. The van der Waals surface area contributed by atoms with Gasteiger partial charge in [-0.25, -0.2) is 0 Å². The van der Waals surface area contributed by atoms with Crippen molar-refractivity contribution in [3.63, 3.8) is 0 Å². The van der Waals surface area contributed by atoms with Gasteiger partial charge in [-0.2, -0.15) is 0 Å². The minimum atomic E-state index is 0.0140. The van der Waals surface area contributed by atoms with Crippen LogP contribution >= 0.6 is 0 Å². The molecule has 0 spiro atoms. The van der Waals surface area contributed by atoms with Gasteiger partial charge in [-0.05, 0) is 47.9 Å². The lowest BCUT2D eigenvalue weighted by molar-refractivity contribution is -0.112. The van der Waals surface area contributed by atoms with Gasteiger partial charge in [-0.1, -0.05) is 36.9 Å². The number of hydrogen-bond donors (Lipinski definition) is 2. The van der Waals surface area contributed by atoms with Crippen molar-refractivity contribution in [2.75, 3.05) is 20.1 Å². The van der Waals surface area contributed by atoms with E-state index in [1.165, 1.54) is 29.5 Å². The maximum absolute atomic E-state index is 12.8. The first-order valence-electron chi connectivity index (χ1n) is 10.6. The van der Waals surface area contributed by atoms with E-state index in [-0.39, 0.29) is 5.78 Å². The van der Waals surface area contributed by atoms with Gasteiger partial charge in [0, 0.05) is 38.9 Å². The van der Waals surface area contributed by atoms with Crippen molar-refractivity contribution < 1.29 is 4.79 Å². The molecule has 3 aliphatic rings. The third-order valence-electron chi connectivity index (χ3n) is 6.01. The van der Waals surface area contributed by atoms with Gasteiger partial charge >= 0.3 is 0 Å². The molecule has 2 aliphatic heterocycles. The first-order valence-corrected chi connectivity index (χ1v) is 10.6. The molecule has 0 atom stereocenters. The molecule has 1 aliphatic carbocycles. The third kappa shape index (κ3) is 4.35. The van der Waals surface area contributed by atoms with Crippen LogP contribution in [0.5, 0.6) is 0 Å². The number of nitrogens with zero attached hydrogens (tertiary/aromatic N) is 3. The summed E-state index contributed by atoms with van der Waals surface area (Å²) < 4.78 is 0. The first-order chi connectivity index (χ1) is 14.7. The molecule has 1 aromatic rings. The molecule has 4 rings (SSSR count). The zero-order chi connectivity index (χ0) is 20.9. The summed E-state index contributed by atoms with van der Waals surface area (Å²) in [6.45, 7) is 8.77. The van der Waals surface area contributed by atoms with E-state index in [9.17, 15) is 4.79 Å². The Balaban J connectivity index is 1.59. The van der Waals surface area contributed by atoms with Gasteiger partial charge in [-0.3, -0.25) is 9.79 Å². The Kier molecular flexibility index (Phi) is 6.08. The molecule has 1 saturated heterocycles. The molecule has 0 amide bonds. The molecule has 6 heteroatoms. The van der Waals surface area contributed by atoms with Crippen molar-refractivity contribution in [1.29, 1.82) is 0 Å². The molecule has 0 saturated carbocycles. The van der Waals surface area contributed by atoms with Gasteiger partial charge in [0.15, 0.2) is 11.7 Å². The van der Waals surface area contributed by atoms with Crippen molar-refractivity contribution in [2.45, 2.75) is 44.4 Å². The van der Waals surface area contributed by atoms with E-state index in [2.05, 4.69) is 49.7 Å². The Bertz CT molecular complexity index is 999. The van der Waals surface area contributed by atoms with Gasteiger partial charge in [0.25, 0.3) is 5.82 Å². The molecule has 0 radical (unpaired) electrons. The zero-order valence-electron chi connectivity index (χ0n) is 17.4. The van der Waals surface area contributed by atoms with Crippen molar-refractivity contribution >= 4 is 23.0 Å². The van der Waals surface area contributed by atoms with Crippen molar-refractivity contribution in [1.82, 2.24) is 10.6 Å². The zero-order valence-corrected chi connectivity index (χ0v) is 17.4. The molecule has 1 fully saturated rings. The van der Waals surface area contributed by atoms with Gasteiger partial charge in [0.1, 0.15) is 0 Å². The number of nitrogens with one attached hydrogen (secondary N) is 2. The van der Waals surface area contributed by atoms with Crippen LogP contribution in [0.2, 0.25) is 0 Å². The lowest BCUT2D eigenvalue weighted by Gasteiger charge is -2.27. The number of allylic oxidation sites excluding steroid dienone is 3. The molecule has 0 aromatic heterocycles. The van der Waals surface area contributed by atoms with E-state index in [0.717, 1.165) is 37.5 Å². The Labute approximate surface area is 177 Å². The summed E-state index contributed by atoms with van der Waals surface area (Å²) in [6.07, 6.45) is 9.44. The number of carbonyl (C=O) groups is 1.